The summed E-state index contributed by atoms with van der Waals surface area (Å²) in [6, 6.07) is 12.0. The highest BCUT2D eigenvalue weighted by Gasteiger charge is 2.13. The van der Waals surface area contributed by atoms with E-state index in [1.807, 2.05) is 36.7 Å². The van der Waals surface area contributed by atoms with Gasteiger partial charge < -0.3 is 15.2 Å². The van der Waals surface area contributed by atoms with E-state index in [1.165, 1.54) is 30.2 Å². The second kappa shape index (κ2) is 7.60. The fourth-order valence-electron chi connectivity index (χ4n) is 3.60. The lowest BCUT2D eigenvalue weighted by molar-refractivity contribution is 0.0949. The zero-order valence-electron chi connectivity index (χ0n) is 14.9. The van der Waals surface area contributed by atoms with Crippen molar-refractivity contribution in [2.75, 3.05) is 24.5 Å². The molecule has 4 rings (SSSR count). The number of carbonyl (C=O) groups is 1. The molecule has 1 saturated heterocycles. The third-order valence-corrected chi connectivity index (χ3v) is 5.06. The fourth-order valence-corrected chi connectivity index (χ4v) is 3.60. The summed E-state index contributed by atoms with van der Waals surface area (Å²) in [4.78, 5) is 22.3. The van der Waals surface area contributed by atoms with Gasteiger partial charge in [-0.2, -0.15) is 0 Å². The van der Waals surface area contributed by atoms with E-state index < -0.39 is 0 Å². The SMILES string of the molecule is O=C(NCCc1c[nH]c2ccccc12)c1ccc(N2CCCCC2)cn1. The molecule has 2 aromatic heterocycles. The third kappa shape index (κ3) is 3.57. The Balaban J connectivity index is 1.33. The van der Waals surface area contributed by atoms with E-state index in [9.17, 15) is 4.79 Å². The Morgan fingerprint density at radius 1 is 1.12 bits per heavy atom. The van der Waals surface area contributed by atoms with Crippen LogP contribution in [0.2, 0.25) is 0 Å². The maximum absolute atomic E-state index is 12.3. The van der Waals surface area contributed by atoms with Gasteiger partial charge in [-0.25, -0.2) is 4.98 Å². The van der Waals surface area contributed by atoms with Gasteiger partial charge in [0.15, 0.2) is 0 Å². The number of aromatic amines is 1. The Kier molecular flexibility index (Phi) is 4.86. The predicted octanol–water partition coefficient (Wildman–Crippen LogP) is 3.53. The maximum Gasteiger partial charge on any atom is 0.269 e. The number of carbonyl (C=O) groups excluding carboxylic acids is 1. The third-order valence-electron chi connectivity index (χ3n) is 5.06. The van der Waals surface area contributed by atoms with Crippen molar-refractivity contribution < 1.29 is 4.79 Å². The van der Waals surface area contributed by atoms with E-state index in [1.54, 1.807) is 0 Å². The van der Waals surface area contributed by atoms with Crippen LogP contribution in [-0.4, -0.2) is 35.5 Å². The molecule has 2 N–H and O–H groups in total. The molecule has 0 saturated carbocycles. The fraction of sp³-hybridized carbons (Fsp3) is 0.333. The molecule has 3 heterocycles. The zero-order valence-corrected chi connectivity index (χ0v) is 14.9. The van der Waals surface area contributed by atoms with Crippen LogP contribution >= 0.6 is 0 Å². The van der Waals surface area contributed by atoms with Crippen molar-refractivity contribution >= 4 is 22.5 Å². The highest BCUT2D eigenvalue weighted by Crippen LogP contribution is 2.19. The Labute approximate surface area is 153 Å². The highest BCUT2D eigenvalue weighted by atomic mass is 16.1. The number of fused-ring (bicyclic) bond motifs is 1. The Morgan fingerprint density at radius 2 is 1.96 bits per heavy atom. The molecule has 1 aliphatic rings. The van der Waals surface area contributed by atoms with Crippen LogP contribution in [0.15, 0.2) is 48.8 Å². The summed E-state index contributed by atoms with van der Waals surface area (Å²) in [5, 5.41) is 4.19. The van der Waals surface area contributed by atoms with Crippen LogP contribution in [0.5, 0.6) is 0 Å². The standard InChI is InChI=1S/C21H24N4O/c26-21(20-9-8-17(15-24-20)25-12-4-1-5-13-25)22-11-10-16-14-23-19-7-3-2-6-18(16)19/h2-3,6-9,14-15,23H,1,4-5,10-13H2,(H,22,26). The summed E-state index contributed by atoms with van der Waals surface area (Å²) in [6.07, 6.45) is 8.40. The van der Waals surface area contributed by atoms with Crippen molar-refractivity contribution in [1.29, 1.82) is 0 Å². The second-order valence-electron chi connectivity index (χ2n) is 6.81. The number of benzene rings is 1. The quantitative estimate of drug-likeness (QED) is 0.741. The lowest BCUT2D eigenvalue weighted by Crippen LogP contribution is -2.30. The molecule has 1 aliphatic heterocycles. The van der Waals surface area contributed by atoms with Gasteiger partial charge in [0.1, 0.15) is 5.69 Å². The number of rotatable bonds is 5. The molecule has 3 aromatic rings. The minimum absolute atomic E-state index is 0.116. The van der Waals surface area contributed by atoms with E-state index in [0.29, 0.717) is 12.2 Å². The molecule has 0 radical (unpaired) electrons. The Morgan fingerprint density at radius 3 is 2.77 bits per heavy atom. The van der Waals surface area contributed by atoms with Gasteiger partial charge in [-0.1, -0.05) is 18.2 Å². The molecule has 26 heavy (non-hydrogen) atoms. The minimum Gasteiger partial charge on any atom is -0.370 e. The summed E-state index contributed by atoms with van der Waals surface area (Å²) < 4.78 is 0. The molecule has 0 unspecified atom stereocenters. The van der Waals surface area contributed by atoms with Crippen molar-refractivity contribution in [3.63, 3.8) is 0 Å². The van der Waals surface area contributed by atoms with E-state index >= 15 is 0 Å². The number of H-pyrrole nitrogens is 1. The van der Waals surface area contributed by atoms with Crippen LogP contribution in [0.25, 0.3) is 10.9 Å². The number of pyridine rings is 1. The van der Waals surface area contributed by atoms with E-state index in [2.05, 4.69) is 32.3 Å². The van der Waals surface area contributed by atoms with Gasteiger partial charge in [0.05, 0.1) is 11.9 Å². The first kappa shape index (κ1) is 16.6. The number of hydrogen-bond acceptors (Lipinski definition) is 3. The lowest BCUT2D eigenvalue weighted by Gasteiger charge is -2.28. The molecule has 5 nitrogen and oxygen atoms in total. The van der Waals surface area contributed by atoms with Crippen molar-refractivity contribution in [3.05, 3.63) is 60.0 Å². The van der Waals surface area contributed by atoms with Crippen LogP contribution in [0.3, 0.4) is 0 Å². The number of hydrogen-bond donors (Lipinski definition) is 2. The second-order valence-corrected chi connectivity index (χ2v) is 6.81. The molecule has 1 amide bonds. The summed E-state index contributed by atoms with van der Waals surface area (Å²) in [6.45, 7) is 2.76. The maximum atomic E-state index is 12.3. The van der Waals surface area contributed by atoms with Gasteiger partial charge in [-0.15, -0.1) is 0 Å². The Bertz CT molecular complexity index is 878. The normalized spacial score (nSPS) is 14.5. The van der Waals surface area contributed by atoms with Crippen LogP contribution in [0, 0.1) is 0 Å². The number of amides is 1. The van der Waals surface area contributed by atoms with Gasteiger partial charge in [0, 0.05) is 36.7 Å². The van der Waals surface area contributed by atoms with Crippen molar-refractivity contribution in [1.82, 2.24) is 15.3 Å². The number of anilines is 1. The average molecular weight is 348 g/mol. The van der Waals surface area contributed by atoms with Crippen LogP contribution in [0.4, 0.5) is 5.69 Å². The van der Waals surface area contributed by atoms with Crippen molar-refractivity contribution in [2.45, 2.75) is 25.7 Å². The van der Waals surface area contributed by atoms with E-state index in [-0.39, 0.29) is 5.91 Å². The van der Waals surface area contributed by atoms with E-state index in [0.717, 1.165) is 30.7 Å². The first-order chi connectivity index (χ1) is 12.8. The van der Waals surface area contributed by atoms with Crippen LogP contribution in [-0.2, 0) is 6.42 Å². The lowest BCUT2D eigenvalue weighted by atomic mass is 10.1. The molecule has 0 atom stereocenters. The smallest absolute Gasteiger partial charge is 0.269 e. The van der Waals surface area contributed by atoms with Gasteiger partial charge in [0.25, 0.3) is 5.91 Å². The summed E-state index contributed by atoms with van der Waals surface area (Å²) >= 11 is 0. The molecule has 134 valence electrons. The number of para-hydroxylation sites is 1. The largest absolute Gasteiger partial charge is 0.370 e. The Hall–Kier alpha value is -2.82. The molecule has 1 fully saturated rings. The molecule has 1 aromatic carbocycles. The minimum atomic E-state index is -0.116. The number of nitrogens with one attached hydrogen (secondary N) is 2. The summed E-state index contributed by atoms with van der Waals surface area (Å²) in [5.41, 5.74) is 3.93. The molecule has 0 bridgehead atoms. The molecule has 5 heteroatoms. The number of nitrogens with zero attached hydrogens (tertiary/aromatic N) is 2. The van der Waals surface area contributed by atoms with Gasteiger partial charge in [-0.05, 0) is 49.4 Å². The molecular formula is C21H24N4O. The number of aromatic nitrogens is 2. The first-order valence-corrected chi connectivity index (χ1v) is 9.35. The van der Waals surface area contributed by atoms with Crippen molar-refractivity contribution in [2.24, 2.45) is 0 Å². The summed E-state index contributed by atoms with van der Waals surface area (Å²) in [5.74, 6) is -0.116. The first-order valence-electron chi connectivity index (χ1n) is 9.35. The predicted molar refractivity (Wildman–Crippen MR) is 105 cm³/mol. The molecule has 0 aliphatic carbocycles. The monoisotopic (exact) mass is 348 g/mol. The van der Waals surface area contributed by atoms with E-state index in [4.69, 9.17) is 0 Å². The zero-order chi connectivity index (χ0) is 17.8. The molecule has 0 spiro atoms. The number of piperidine rings is 1. The topological polar surface area (TPSA) is 61.0 Å². The van der Waals surface area contributed by atoms with Crippen LogP contribution < -0.4 is 10.2 Å². The molecular weight excluding hydrogens is 324 g/mol. The van der Waals surface area contributed by atoms with Crippen LogP contribution in [0.1, 0.15) is 35.3 Å². The van der Waals surface area contributed by atoms with Gasteiger partial charge in [-0.3, -0.25) is 4.79 Å². The average Bonchev–Trinajstić information content (AvgIpc) is 3.12. The van der Waals surface area contributed by atoms with Gasteiger partial charge >= 0.3 is 0 Å². The highest BCUT2D eigenvalue weighted by molar-refractivity contribution is 5.92. The van der Waals surface area contributed by atoms with Gasteiger partial charge in [0.2, 0.25) is 0 Å². The van der Waals surface area contributed by atoms with Crippen molar-refractivity contribution in [3.8, 4) is 0 Å². The summed E-state index contributed by atoms with van der Waals surface area (Å²) in [7, 11) is 0.